The van der Waals surface area contributed by atoms with E-state index >= 15 is 0 Å². The second-order valence-corrected chi connectivity index (χ2v) is 3.55. The molecule has 62 valence electrons. The fourth-order valence-corrected chi connectivity index (χ4v) is 1.66. The Morgan fingerprint density at radius 3 is 2.82 bits per heavy atom. The summed E-state index contributed by atoms with van der Waals surface area (Å²) >= 11 is 1.22. The molecular weight excluding hydrogens is 160 g/mol. The monoisotopic (exact) mass is 172 g/mol. The van der Waals surface area contributed by atoms with Crippen molar-refractivity contribution in [3.8, 4) is 0 Å². The van der Waals surface area contributed by atoms with E-state index in [9.17, 15) is 4.79 Å². The van der Waals surface area contributed by atoms with Gasteiger partial charge in [0.15, 0.2) is 0 Å². The van der Waals surface area contributed by atoms with Crippen LogP contribution in [0.4, 0.5) is 0 Å². The van der Waals surface area contributed by atoms with Gasteiger partial charge in [-0.15, -0.1) is 0 Å². The van der Waals surface area contributed by atoms with Crippen molar-refractivity contribution < 1.29 is 0 Å². The van der Waals surface area contributed by atoms with Crippen LogP contribution in [0.5, 0.6) is 0 Å². The SMILES string of the molecule is Cc1csc(=O)n1CC(C)N. The topological polar surface area (TPSA) is 48.0 Å². The molecule has 2 N–H and O–H groups in total. The van der Waals surface area contributed by atoms with Crippen LogP contribution < -0.4 is 10.6 Å². The molecule has 0 radical (unpaired) electrons. The van der Waals surface area contributed by atoms with Crippen molar-refractivity contribution in [2.75, 3.05) is 0 Å². The summed E-state index contributed by atoms with van der Waals surface area (Å²) in [6.07, 6.45) is 0. The average Bonchev–Trinajstić information content (AvgIpc) is 2.18. The molecule has 11 heavy (non-hydrogen) atoms. The molecule has 0 aliphatic heterocycles. The normalized spacial score (nSPS) is 13.4. The standard InChI is InChI=1S/C7H12N2OS/c1-5(8)3-9-6(2)4-11-7(9)10/h4-5H,3,8H2,1-2H3. The highest BCUT2D eigenvalue weighted by molar-refractivity contribution is 7.07. The molecule has 1 aromatic heterocycles. The van der Waals surface area contributed by atoms with E-state index in [0.29, 0.717) is 6.54 Å². The molecule has 1 rings (SSSR count). The van der Waals surface area contributed by atoms with Gasteiger partial charge in [0.25, 0.3) is 0 Å². The lowest BCUT2D eigenvalue weighted by atomic mass is 10.3. The van der Waals surface area contributed by atoms with Gasteiger partial charge in [0, 0.05) is 23.7 Å². The lowest BCUT2D eigenvalue weighted by molar-refractivity contribution is 0.572. The predicted molar refractivity (Wildman–Crippen MR) is 47.0 cm³/mol. The number of nitrogens with two attached hydrogens (primary N) is 1. The van der Waals surface area contributed by atoms with Gasteiger partial charge in [0.1, 0.15) is 0 Å². The summed E-state index contributed by atoms with van der Waals surface area (Å²) in [6.45, 7) is 4.43. The second-order valence-electron chi connectivity index (χ2n) is 2.73. The molecule has 0 aromatic carbocycles. The Morgan fingerprint density at radius 1 is 1.82 bits per heavy atom. The Bertz CT molecular complexity index is 287. The third-order valence-electron chi connectivity index (χ3n) is 1.45. The second kappa shape index (κ2) is 3.19. The molecule has 0 saturated heterocycles. The molecule has 0 amide bonds. The van der Waals surface area contributed by atoms with Crippen molar-refractivity contribution in [3.63, 3.8) is 0 Å². The molecule has 0 aliphatic carbocycles. The lowest BCUT2D eigenvalue weighted by Gasteiger charge is -2.06. The van der Waals surface area contributed by atoms with E-state index in [1.165, 1.54) is 11.3 Å². The van der Waals surface area contributed by atoms with Gasteiger partial charge in [-0.3, -0.25) is 4.79 Å². The Hall–Kier alpha value is -0.610. The quantitative estimate of drug-likeness (QED) is 0.708. The zero-order valence-corrected chi connectivity index (χ0v) is 7.52. The Balaban J connectivity index is 2.92. The number of aryl methyl sites for hydroxylation is 1. The minimum atomic E-state index is 0.0426. The number of aromatic nitrogens is 1. The van der Waals surface area contributed by atoms with Gasteiger partial charge < -0.3 is 10.3 Å². The van der Waals surface area contributed by atoms with Gasteiger partial charge in [0.05, 0.1) is 0 Å². The molecule has 1 atom stereocenters. The molecule has 0 bridgehead atoms. The first kappa shape index (κ1) is 8.49. The third-order valence-corrected chi connectivity index (χ3v) is 2.33. The maximum atomic E-state index is 11.1. The van der Waals surface area contributed by atoms with E-state index in [2.05, 4.69) is 0 Å². The van der Waals surface area contributed by atoms with Gasteiger partial charge in [-0.05, 0) is 13.8 Å². The minimum absolute atomic E-state index is 0.0426. The summed E-state index contributed by atoms with van der Waals surface area (Å²) in [7, 11) is 0. The molecular formula is C7H12N2OS. The summed E-state index contributed by atoms with van der Waals surface area (Å²) in [4.78, 5) is 11.2. The van der Waals surface area contributed by atoms with Crippen LogP contribution in [-0.4, -0.2) is 10.6 Å². The highest BCUT2D eigenvalue weighted by atomic mass is 32.1. The van der Waals surface area contributed by atoms with E-state index in [0.717, 1.165) is 5.69 Å². The molecule has 0 saturated carbocycles. The van der Waals surface area contributed by atoms with E-state index in [1.807, 2.05) is 19.2 Å². The first-order chi connectivity index (χ1) is 5.11. The number of nitrogens with zero attached hydrogens (tertiary/aromatic N) is 1. The van der Waals surface area contributed by atoms with E-state index in [-0.39, 0.29) is 10.9 Å². The lowest BCUT2D eigenvalue weighted by Crippen LogP contribution is -2.27. The zero-order chi connectivity index (χ0) is 8.43. The van der Waals surface area contributed by atoms with Gasteiger partial charge in [-0.25, -0.2) is 0 Å². The van der Waals surface area contributed by atoms with Crippen LogP contribution in [0.1, 0.15) is 12.6 Å². The van der Waals surface area contributed by atoms with Gasteiger partial charge in [0.2, 0.25) is 0 Å². The van der Waals surface area contributed by atoms with Crippen LogP contribution in [0.15, 0.2) is 10.2 Å². The number of hydrogen-bond donors (Lipinski definition) is 1. The number of thiazole rings is 1. The van der Waals surface area contributed by atoms with Gasteiger partial charge in [-0.2, -0.15) is 0 Å². The Labute approximate surface area is 69.5 Å². The highest BCUT2D eigenvalue weighted by Crippen LogP contribution is 1.99. The van der Waals surface area contributed by atoms with Crippen molar-refractivity contribution in [2.45, 2.75) is 26.4 Å². The van der Waals surface area contributed by atoms with Crippen molar-refractivity contribution in [2.24, 2.45) is 5.73 Å². The van der Waals surface area contributed by atoms with Crippen LogP contribution in [-0.2, 0) is 6.54 Å². The molecule has 0 aliphatic rings. The third kappa shape index (κ3) is 1.91. The largest absolute Gasteiger partial charge is 0.326 e. The van der Waals surface area contributed by atoms with Crippen molar-refractivity contribution >= 4 is 11.3 Å². The van der Waals surface area contributed by atoms with E-state index in [1.54, 1.807) is 4.57 Å². The van der Waals surface area contributed by atoms with Crippen molar-refractivity contribution in [1.82, 2.24) is 4.57 Å². The first-order valence-corrected chi connectivity index (χ1v) is 4.39. The fourth-order valence-electron chi connectivity index (χ4n) is 0.913. The van der Waals surface area contributed by atoms with Gasteiger partial charge >= 0.3 is 4.87 Å². The number of rotatable bonds is 2. The summed E-state index contributed by atoms with van der Waals surface area (Å²) < 4.78 is 1.70. The Kier molecular flexibility index (Phi) is 2.46. The van der Waals surface area contributed by atoms with Crippen LogP contribution in [0.3, 0.4) is 0 Å². The van der Waals surface area contributed by atoms with Crippen molar-refractivity contribution in [1.29, 1.82) is 0 Å². The Morgan fingerprint density at radius 2 is 2.45 bits per heavy atom. The van der Waals surface area contributed by atoms with Crippen LogP contribution in [0.2, 0.25) is 0 Å². The molecule has 1 heterocycles. The predicted octanol–water partition coefficient (Wildman–Crippen LogP) is 0.565. The highest BCUT2D eigenvalue weighted by Gasteiger charge is 2.03. The summed E-state index contributed by atoms with van der Waals surface area (Å²) in [5.41, 5.74) is 6.56. The molecule has 0 spiro atoms. The summed E-state index contributed by atoms with van der Waals surface area (Å²) in [6, 6.07) is 0.0426. The summed E-state index contributed by atoms with van der Waals surface area (Å²) in [5, 5.41) is 1.85. The molecule has 0 fully saturated rings. The average molecular weight is 172 g/mol. The number of hydrogen-bond acceptors (Lipinski definition) is 3. The molecule has 1 unspecified atom stereocenters. The van der Waals surface area contributed by atoms with Crippen molar-refractivity contribution in [3.05, 3.63) is 20.7 Å². The van der Waals surface area contributed by atoms with E-state index < -0.39 is 0 Å². The van der Waals surface area contributed by atoms with Crippen LogP contribution in [0, 0.1) is 6.92 Å². The van der Waals surface area contributed by atoms with E-state index in [4.69, 9.17) is 5.73 Å². The van der Waals surface area contributed by atoms with Crippen LogP contribution in [0.25, 0.3) is 0 Å². The molecule has 1 aromatic rings. The molecule has 3 nitrogen and oxygen atoms in total. The van der Waals surface area contributed by atoms with Gasteiger partial charge in [-0.1, -0.05) is 11.3 Å². The summed E-state index contributed by atoms with van der Waals surface area (Å²) in [5.74, 6) is 0. The maximum Gasteiger partial charge on any atom is 0.307 e. The molecule has 4 heteroatoms. The minimum Gasteiger partial charge on any atom is -0.326 e. The zero-order valence-electron chi connectivity index (χ0n) is 6.70. The van der Waals surface area contributed by atoms with Crippen LogP contribution >= 0.6 is 11.3 Å². The maximum absolute atomic E-state index is 11.1. The fraction of sp³-hybridized carbons (Fsp3) is 0.571. The smallest absolute Gasteiger partial charge is 0.307 e. The first-order valence-electron chi connectivity index (χ1n) is 3.51.